The van der Waals surface area contributed by atoms with Crippen molar-refractivity contribution in [3.8, 4) is 0 Å². The zero-order chi connectivity index (χ0) is 12.8. The largest absolute Gasteiger partial charge is 0.357 e. The molecule has 3 heterocycles. The monoisotopic (exact) mass is 248 g/mol. The molecule has 1 aromatic heterocycles. The molecule has 0 bridgehead atoms. The second-order valence-corrected chi connectivity index (χ2v) is 4.55. The van der Waals surface area contributed by atoms with E-state index in [9.17, 15) is 14.4 Å². The van der Waals surface area contributed by atoms with Gasteiger partial charge in [0.2, 0.25) is 0 Å². The molecule has 2 aliphatic heterocycles. The highest BCUT2D eigenvalue weighted by molar-refractivity contribution is 6.08. The van der Waals surface area contributed by atoms with Crippen LogP contribution in [-0.4, -0.2) is 46.4 Å². The first-order chi connectivity index (χ1) is 8.61. The summed E-state index contributed by atoms with van der Waals surface area (Å²) in [7, 11) is 0. The van der Waals surface area contributed by atoms with Gasteiger partial charge in [0.25, 0.3) is 11.8 Å². The summed E-state index contributed by atoms with van der Waals surface area (Å²) >= 11 is 0. The summed E-state index contributed by atoms with van der Waals surface area (Å²) in [6.45, 7) is 0.661. The lowest BCUT2D eigenvalue weighted by molar-refractivity contribution is -0.123. The fourth-order valence-electron chi connectivity index (χ4n) is 2.43. The van der Waals surface area contributed by atoms with Crippen LogP contribution in [0.2, 0.25) is 0 Å². The first-order valence-electron chi connectivity index (χ1n) is 5.67. The van der Waals surface area contributed by atoms with E-state index in [0.29, 0.717) is 18.7 Å². The molecule has 0 saturated carbocycles. The average molecular weight is 248 g/mol. The minimum Gasteiger partial charge on any atom is -0.357 e. The highest BCUT2D eigenvalue weighted by Crippen LogP contribution is 2.25. The van der Waals surface area contributed by atoms with Gasteiger partial charge in [0.15, 0.2) is 0 Å². The number of urea groups is 1. The zero-order valence-electron chi connectivity index (χ0n) is 9.53. The Kier molecular flexibility index (Phi) is 2.16. The van der Waals surface area contributed by atoms with Crippen molar-refractivity contribution < 1.29 is 14.4 Å². The predicted molar refractivity (Wildman–Crippen MR) is 60.7 cm³/mol. The van der Waals surface area contributed by atoms with Crippen molar-refractivity contribution in [3.63, 3.8) is 0 Å². The molecule has 3 N–H and O–H groups in total. The molecule has 94 valence electrons. The van der Waals surface area contributed by atoms with Crippen LogP contribution in [0.3, 0.4) is 0 Å². The van der Waals surface area contributed by atoms with Crippen molar-refractivity contribution in [2.45, 2.75) is 12.0 Å². The smallest absolute Gasteiger partial charge is 0.322 e. The number of nitrogens with zero attached hydrogens (tertiary/aromatic N) is 1. The minimum absolute atomic E-state index is 0.161. The topological polar surface area (TPSA) is 94.3 Å². The van der Waals surface area contributed by atoms with Crippen molar-refractivity contribution in [1.29, 1.82) is 0 Å². The van der Waals surface area contributed by atoms with E-state index in [0.717, 1.165) is 0 Å². The number of amides is 4. The standard InChI is InChI=1S/C11H12N4O3/c16-8(7-2-1-4-12-7)15-5-3-11(6-15)9(17)13-10(18)14-11/h1-2,4,12H,3,5-6H2,(H2,13,14,17,18). The van der Waals surface area contributed by atoms with E-state index >= 15 is 0 Å². The summed E-state index contributed by atoms with van der Waals surface area (Å²) in [4.78, 5) is 39.4. The number of H-pyrrole nitrogens is 1. The van der Waals surface area contributed by atoms with Crippen LogP contribution in [0.15, 0.2) is 18.3 Å². The number of hydrogen-bond acceptors (Lipinski definition) is 3. The van der Waals surface area contributed by atoms with Gasteiger partial charge >= 0.3 is 6.03 Å². The SMILES string of the molecule is O=C1NC(=O)C2(CCN(C(=O)c3ccc[nH]3)C2)N1. The molecule has 0 radical (unpaired) electrons. The first kappa shape index (κ1) is 10.8. The highest BCUT2D eigenvalue weighted by atomic mass is 16.2. The first-order valence-corrected chi connectivity index (χ1v) is 5.67. The van der Waals surface area contributed by atoms with Gasteiger partial charge in [0.1, 0.15) is 11.2 Å². The Labute approximate surface area is 103 Å². The number of likely N-dealkylation sites (tertiary alicyclic amines) is 1. The number of nitrogens with one attached hydrogen (secondary N) is 3. The van der Waals surface area contributed by atoms with Gasteiger partial charge in [-0.05, 0) is 18.6 Å². The van der Waals surface area contributed by atoms with Crippen LogP contribution < -0.4 is 10.6 Å². The molecule has 1 aromatic rings. The van der Waals surface area contributed by atoms with Gasteiger partial charge in [-0.1, -0.05) is 0 Å². The van der Waals surface area contributed by atoms with Crippen LogP contribution in [-0.2, 0) is 4.79 Å². The Bertz CT molecular complexity index is 524. The van der Waals surface area contributed by atoms with Crippen LogP contribution in [0.25, 0.3) is 0 Å². The van der Waals surface area contributed by atoms with Crippen molar-refractivity contribution in [2.24, 2.45) is 0 Å². The molecule has 2 saturated heterocycles. The normalized spacial score (nSPS) is 26.6. The molecule has 18 heavy (non-hydrogen) atoms. The van der Waals surface area contributed by atoms with Gasteiger partial charge in [-0.2, -0.15) is 0 Å². The third-order valence-corrected chi connectivity index (χ3v) is 3.40. The molecular formula is C11H12N4O3. The molecule has 0 aliphatic carbocycles. The fraction of sp³-hybridized carbons (Fsp3) is 0.364. The number of rotatable bonds is 1. The van der Waals surface area contributed by atoms with Gasteiger partial charge in [0, 0.05) is 12.7 Å². The number of aromatic amines is 1. The van der Waals surface area contributed by atoms with Gasteiger partial charge in [-0.15, -0.1) is 0 Å². The van der Waals surface area contributed by atoms with Crippen molar-refractivity contribution in [1.82, 2.24) is 20.5 Å². The number of aromatic nitrogens is 1. The van der Waals surface area contributed by atoms with E-state index in [1.54, 1.807) is 23.2 Å². The van der Waals surface area contributed by atoms with Crippen LogP contribution in [0.4, 0.5) is 4.79 Å². The molecule has 1 spiro atoms. The number of carbonyl (C=O) groups excluding carboxylic acids is 3. The third-order valence-electron chi connectivity index (χ3n) is 3.40. The van der Waals surface area contributed by atoms with Crippen molar-refractivity contribution >= 4 is 17.8 Å². The Morgan fingerprint density at radius 3 is 2.83 bits per heavy atom. The number of imide groups is 1. The Morgan fingerprint density at radius 2 is 2.22 bits per heavy atom. The van der Waals surface area contributed by atoms with Crippen LogP contribution in [0, 0.1) is 0 Å². The van der Waals surface area contributed by atoms with Crippen LogP contribution in [0.5, 0.6) is 0 Å². The quantitative estimate of drug-likeness (QED) is 0.581. The van der Waals surface area contributed by atoms with Gasteiger partial charge in [-0.3, -0.25) is 14.9 Å². The number of carbonyl (C=O) groups is 3. The van der Waals surface area contributed by atoms with Crippen LogP contribution in [0.1, 0.15) is 16.9 Å². The lowest BCUT2D eigenvalue weighted by Crippen LogP contribution is -2.49. The molecule has 3 rings (SSSR count). The maximum absolute atomic E-state index is 12.1. The van der Waals surface area contributed by atoms with E-state index in [1.165, 1.54) is 0 Å². The summed E-state index contributed by atoms with van der Waals surface area (Å²) in [5.74, 6) is -0.514. The molecule has 7 heteroatoms. The molecular weight excluding hydrogens is 236 g/mol. The van der Waals surface area contributed by atoms with Gasteiger partial charge in [-0.25, -0.2) is 4.79 Å². The Balaban J connectivity index is 1.78. The maximum atomic E-state index is 12.1. The zero-order valence-corrected chi connectivity index (χ0v) is 9.53. The molecule has 0 aromatic carbocycles. The number of hydrogen-bond donors (Lipinski definition) is 3. The lowest BCUT2D eigenvalue weighted by atomic mass is 10.00. The van der Waals surface area contributed by atoms with E-state index in [-0.39, 0.29) is 18.4 Å². The van der Waals surface area contributed by atoms with Gasteiger partial charge in [0.05, 0.1) is 6.54 Å². The van der Waals surface area contributed by atoms with Crippen molar-refractivity contribution in [2.75, 3.05) is 13.1 Å². The average Bonchev–Trinajstić information content (AvgIpc) is 3.01. The highest BCUT2D eigenvalue weighted by Gasteiger charge is 2.51. The fourth-order valence-corrected chi connectivity index (χ4v) is 2.43. The molecule has 2 fully saturated rings. The summed E-state index contributed by atoms with van der Waals surface area (Å²) in [5.41, 5.74) is -0.462. The summed E-state index contributed by atoms with van der Waals surface area (Å²) < 4.78 is 0. The van der Waals surface area contributed by atoms with Gasteiger partial charge < -0.3 is 15.2 Å². The second-order valence-electron chi connectivity index (χ2n) is 4.55. The van der Waals surface area contributed by atoms with E-state index in [4.69, 9.17) is 0 Å². The minimum atomic E-state index is -0.945. The van der Waals surface area contributed by atoms with E-state index < -0.39 is 11.6 Å². The molecule has 1 unspecified atom stereocenters. The Hall–Kier alpha value is -2.31. The maximum Gasteiger partial charge on any atom is 0.322 e. The molecule has 1 atom stereocenters. The predicted octanol–water partition coefficient (Wildman–Crippen LogP) is -0.561. The molecule has 4 amide bonds. The van der Waals surface area contributed by atoms with Crippen molar-refractivity contribution in [3.05, 3.63) is 24.0 Å². The van der Waals surface area contributed by atoms with E-state index in [1.807, 2.05) is 0 Å². The Morgan fingerprint density at radius 1 is 1.39 bits per heavy atom. The second kappa shape index (κ2) is 3.59. The molecule has 7 nitrogen and oxygen atoms in total. The van der Waals surface area contributed by atoms with Crippen LogP contribution >= 0.6 is 0 Å². The lowest BCUT2D eigenvalue weighted by Gasteiger charge is -2.20. The van der Waals surface area contributed by atoms with E-state index in [2.05, 4.69) is 15.6 Å². The molecule has 2 aliphatic rings. The third kappa shape index (κ3) is 1.47. The summed E-state index contributed by atoms with van der Waals surface area (Å²) in [6.07, 6.45) is 2.11. The summed E-state index contributed by atoms with van der Waals surface area (Å²) in [5, 5.41) is 4.81. The summed E-state index contributed by atoms with van der Waals surface area (Å²) in [6, 6.07) is 2.93.